The number of rotatable bonds is 4. The minimum Gasteiger partial charge on any atom is -0.449 e. The third kappa shape index (κ3) is 5.84. The Labute approximate surface area is 152 Å². The van der Waals surface area contributed by atoms with E-state index in [1.165, 1.54) is 6.92 Å². The van der Waals surface area contributed by atoms with Crippen LogP contribution >= 0.6 is 0 Å². The van der Waals surface area contributed by atoms with E-state index in [1.54, 1.807) is 30.3 Å². The highest BCUT2D eigenvalue weighted by Crippen LogP contribution is 2.29. The van der Waals surface area contributed by atoms with Gasteiger partial charge in [-0.05, 0) is 37.3 Å². The summed E-state index contributed by atoms with van der Waals surface area (Å²) in [6, 6.07) is 11.1. The number of carbonyl (C=O) groups is 3. The number of carbonyl (C=O) groups excluding carboxylic acids is 3. The number of urea groups is 1. The fourth-order valence-electron chi connectivity index (χ4n) is 2.00. The molecule has 0 aliphatic heterocycles. The second-order valence-corrected chi connectivity index (χ2v) is 5.44. The van der Waals surface area contributed by atoms with E-state index in [-0.39, 0.29) is 5.56 Å². The Kier molecular flexibility index (Phi) is 6.17. The summed E-state index contributed by atoms with van der Waals surface area (Å²) in [5, 5.41) is 4.37. The fourth-order valence-corrected chi connectivity index (χ4v) is 2.00. The van der Waals surface area contributed by atoms with E-state index in [2.05, 4.69) is 5.32 Å². The summed E-state index contributed by atoms with van der Waals surface area (Å²) in [5.74, 6) is -2.05. The molecule has 2 rings (SSSR count). The molecule has 142 valence electrons. The van der Waals surface area contributed by atoms with Gasteiger partial charge in [-0.2, -0.15) is 13.2 Å². The van der Waals surface area contributed by atoms with Gasteiger partial charge < -0.3 is 10.1 Å². The Morgan fingerprint density at radius 3 is 2.30 bits per heavy atom. The summed E-state index contributed by atoms with van der Waals surface area (Å²) >= 11 is 0. The molecule has 2 aromatic carbocycles. The van der Waals surface area contributed by atoms with Crippen LogP contribution in [0.25, 0.3) is 0 Å². The van der Waals surface area contributed by atoms with Crippen molar-refractivity contribution < 1.29 is 32.3 Å². The quantitative estimate of drug-likeness (QED) is 0.794. The zero-order valence-electron chi connectivity index (χ0n) is 14.0. The molecular weight excluding hydrogens is 365 g/mol. The van der Waals surface area contributed by atoms with E-state index in [0.29, 0.717) is 11.8 Å². The van der Waals surface area contributed by atoms with Crippen LogP contribution in [0.3, 0.4) is 0 Å². The molecule has 0 aromatic heterocycles. The number of imide groups is 1. The van der Waals surface area contributed by atoms with E-state index in [4.69, 9.17) is 4.74 Å². The Morgan fingerprint density at radius 2 is 1.67 bits per heavy atom. The van der Waals surface area contributed by atoms with Crippen LogP contribution in [0.2, 0.25) is 0 Å². The lowest BCUT2D eigenvalue weighted by Gasteiger charge is -2.14. The number of para-hydroxylation sites is 1. The first-order valence-electron chi connectivity index (χ1n) is 7.72. The van der Waals surface area contributed by atoms with Crippen molar-refractivity contribution in [1.82, 2.24) is 5.32 Å². The zero-order valence-corrected chi connectivity index (χ0v) is 14.0. The number of halogens is 3. The molecule has 1 unspecified atom stereocenters. The molecule has 0 heterocycles. The van der Waals surface area contributed by atoms with Crippen molar-refractivity contribution >= 4 is 23.6 Å². The molecule has 0 saturated carbocycles. The lowest BCUT2D eigenvalue weighted by Crippen LogP contribution is -2.41. The summed E-state index contributed by atoms with van der Waals surface area (Å²) in [6.45, 7) is 1.19. The van der Waals surface area contributed by atoms with Gasteiger partial charge in [-0.1, -0.05) is 24.3 Å². The Hall–Kier alpha value is -3.36. The molecule has 6 nitrogen and oxygen atoms in total. The smallest absolute Gasteiger partial charge is 0.416 e. The molecule has 0 radical (unpaired) electrons. The number of hydrogen-bond donors (Lipinski definition) is 2. The van der Waals surface area contributed by atoms with Crippen LogP contribution in [0, 0.1) is 0 Å². The minimum atomic E-state index is -4.62. The van der Waals surface area contributed by atoms with Gasteiger partial charge in [-0.3, -0.25) is 10.1 Å². The van der Waals surface area contributed by atoms with Gasteiger partial charge in [0.25, 0.3) is 5.91 Å². The number of nitrogens with one attached hydrogen (secondary N) is 2. The van der Waals surface area contributed by atoms with E-state index >= 15 is 0 Å². The topological polar surface area (TPSA) is 84.5 Å². The predicted octanol–water partition coefficient (Wildman–Crippen LogP) is 3.60. The maximum Gasteiger partial charge on any atom is 0.416 e. The first-order valence-corrected chi connectivity index (χ1v) is 7.72. The molecule has 0 aliphatic rings. The lowest BCUT2D eigenvalue weighted by molar-refractivity contribution is -0.137. The summed E-state index contributed by atoms with van der Waals surface area (Å²) in [6.07, 6.45) is -6.01. The van der Waals surface area contributed by atoms with Crippen molar-refractivity contribution in [3.63, 3.8) is 0 Å². The molecule has 0 aliphatic carbocycles. The Morgan fingerprint density at radius 1 is 1.00 bits per heavy atom. The highest BCUT2D eigenvalue weighted by molar-refractivity contribution is 6.03. The molecular formula is C18H15F3N2O4. The summed E-state index contributed by atoms with van der Waals surface area (Å²) < 4.78 is 42.9. The summed E-state index contributed by atoms with van der Waals surface area (Å²) in [4.78, 5) is 35.6. The van der Waals surface area contributed by atoms with Crippen LogP contribution in [0.5, 0.6) is 0 Å². The van der Waals surface area contributed by atoms with E-state index in [9.17, 15) is 27.6 Å². The number of esters is 1. The van der Waals surface area contributed by atoms with Gasteiger partial charge in [0.2, 0.25) is 0 Å². The third-order valence-corrected chi connectivity index (χ3v) is 3.35. The molecule has 3 amide bonds. The molecule has 1 atom stereocenters. The van der Waals surface area contributed by atoms with Gasteiger partial charge >= 0.3 is 18.2 Å². The number of hydrogen-bond acceptors (Lipinski definition) is 4. The highest BCUT2D eigenvalue weighted by Gasteiger charge is 2.31. The van der Waals surface area contributed by atoms with Crippen LogP contribution in [-0.2, 0) is 15.7 Å². The molecule has 27 heavy (non-hydrogen) atoms. The molecule has 0 fully saturated rings. The first-order chi connectivity index (χ1) is 12.7. The summed E-state index contributed by atoms with van der Waals surface area (Å²) in [7, 11) is 0. The van der Waals surface area contributed by atoms with Crippen molar-refractivity contribution in [2.75, 3.05) is 5.32 Å². The van der Waals surface area contributed by atoms with Crippen molar-refractivity contribution in [2.24, 2.45) is 0 Å². The zero-order chi connectivity index (χ0) is 20.0. The maximum atomic E-state index is 12.7. The molecule has 2 N–H and O–H groups in total. The Balaban J connectivity index is 1.93. The van der Waals surface area contributed by atoms with Gasteiger partial charge in [0, 0.05) is 5.69 Å². The number of amides is 3. The maximum absolute atomic E-state index is 12.7. The second kappa shape index (κ2) is 8.35. The molecule has 2 aromatic rings. The van der Waals surface area contributed by atoms with Crippen LogP contribution in [0.1, 0.15) is 22.8 Å². The van der Waals surface area contributed by atoms with Crippen molar-refractivity contribution in [2.45, 2.75) is 19.2 Å². The number of ether oxygens (including phenoxy) is 1. The monoisotopic (exact) mass is 380 g/mol. The SMILES string of the molecule is CC(OC(=O)c1cccc(C(F)(F)F)c1)C(=O)NC(=O)Nc1ccccc1. The van der Waals surface area contributed by atoms with E-state index < -0.39 is 35.8 Å². The van der Waals surface area contributed by atoms with Gasteiger partial charge in [0.05, 0.1) is 11.1 Å². The lowest BCUT2D eigenvalue weighted by atomic mass is 10.1. The predicted molar refractivity (Wildman–Crippen MR) is 89.9 cm³/mol. The van der Waals surface area contributed by atoms with Crippen molar-refractivity contribution in [3.05, 3.63) is 65.7 Å². The van der Waals surface area contributed by atoms with Gasteiger partial charge in [0.1, 0.15) is 0 Å². The standard InChI is InChI=1S/C18H15F3N2O4/c1-11(15(24)23-17(26)22-14-8-3-2-4-9-14)27-16(25)12-6-5-7-13(10-12)18(19,20)21/h2-11H,1H3,(H2,22,23,24,26). The second-order valence-electron chi connectivity index (χ2n) is 5.44. The van der Waals surface area contributed by atoms with Crippen LogP contribution < -0.4 is 10.6 Å². The highest BCUT2D eigenvalue weighted by atomic mass is 19.4. The summed E-state index contributed by atoms with van der Waals surface area (Å²) in [5.41, 5.74) is -0.939. The van der Waals surface area contributed by atoms with Crippen molar-refractivity contribution in [1.29, 1.82) is 0 Å². The van der Waals surface area contributed by atoms with Gasteiger partial charge in [-0.15, -0.1) is 0 Å². The molecule has 9 heteroatoms. The molecule has 0 spiro atoms. The average molecular weight is 380 g/mol. The average Bonchev–Trinajstić information content (AvgIpc) is 2.61. The van der Waals surface area contributed by atoms with Gasteiger partial charge in [-0.25, -0.2) is 9.59 Å². The number of alkyl halides is 3. The number of anilines is 1. The van der Waals surface area contributed by atoms with Gasteiger partial charge in [0.15, 0.2) is 6.10 Å². The van der Waals surface area contributed by atoms with Crippen LogP contribution in [0.4, 0.5) is 23.7 Å². The van der Waals surface area contributed by atoms with Crippen molar-refractivity contribution in [3.8, 4) is 0 Å². The van der Waals surface area contributed by atoms with E-state index in [0.717, 1.165) is 18.2 Å². The van der Waals surface area contributed by atoms with Crippen LogP contribution in [0.15, 0.2) is 54.6 Å². The first kappa shape index (κ1) is 20.0. The fraction of sp³-hybridized carbons (Fsp3) is 0.167. The number of benzene rings is 2. The molecule has 0 saturated heterocycles. The minimum absolute atomic E-state index is 0.363. The normalized spacial score (nSPS) is 12.0. The Bertz CT molecular complexity index is 838. The van der Waals surface area contributed by atoms with Crippen LogP contribution in [-0.4, -0.2) is 24.0 Å². The van der Waals surface area contributed by atoms with E-state index in [1.807, 2.05) is 5.32 Å². The third-order valence-electron chi connectivity index (χ3n) is 3.35. The molecule has 0 bridgehead atoms. The largest absolute Gasteiger partial charge is 0.449 e.